The van der Waals surface area contributed by atoms with Crippen LogP contribution >= 0.6 is 58.2 Å². The van der Waals surface area contributed by atoms with Gasteiger partial charge in [-0.25, -0.2) is 0 Å². The average molecular weight is 354 g/mol. The topological polar surface area (TPSA) is 20.2 Å². The van der Waals surface area contributed by atoms with Crippen LogP contribution in [0.1, 0.15) is 5.56 Å². The second kappa shape index (κ2) is 6.57. The predicted molar refractivity (Wildman–Crippen MR) is 83.0 cm³/mol. The molecule has 0 saturated carbocycles. The van der Waals surface area contributed by atoms with E-state index in [1.807, 2.05) is 6.07 Å². The van der Waals surface area contributed by atoms with Crippen molar-refractivity contribution in [2.24, 2.45) is 0 Å². The van der Waals surface area contributed by atoms with Crippen molar-refractivity contribution in [1.29, 1.82) is 0 Å². The van der Waals surface area contributed by atoms with Crippen LogP contribution < -0.4 is 0 Å². The lowest BCUT2D eigenvalue weighted by Gasteiger charge is -2.11. The zero-order chi connectivity index (χ0) is 14.0. The predicted octanol–water partition coefficient (Wildman–Crippen LogP) is 5.94. The standard InChI is InChI=1S/C13H8Cl4OS/c14-8-4-7(6-18)13(10(16)5-8)19-11-3-1-2-9(15)12(11)17/h1-5,18H,6H2. The fraction of sp³-hybridized carbons (Fsp3) is 0.0769. The van der Waals surface area contributed by atoms with Gasteiger partial charge in [-0.3, -0.25) is 0 Å². The fourth-order valence-corrected chi connectivity index (χ4v) is 3.62. The highest BCUT2D eigenvalue weighted by Gasteiger charge is 2.13. The first-order valence-corrected chi connectivity index (χ1v) is 7.56. The molecule has 0 radical (unpaired) electrons. The molecule has 2 rings (SSSR count). The molecule has 19 heavy (non-hydrogen) atoms. The van der Waals surface area contributed by atoms with Crippen molar-refractivity contribution in [2.75, 3.05) is 0 Å². The lowest BCUT2D eigenvalue weighted by Crippen LogP contribution is -1.89. The number of hydrogen-bond acceptors (Lipinski definition) is 2. The zero-order valence-corrected chi connectivity index (χ0v) is 13.3. The van der Waals surface area contributed by atoms with E-state index in [4.69, 9.17) is 46.4 Å². The molecule has 2 aromatic carbocycles. The summed E-state index contributed by atoms with van der Waals surface area (Å²) in [7, 11) is 0. The summed E-state index contributed by atoms with van der Waals surface area (Å²) >= 11 is 25.5. The molecule has 2 aromatic rings. The van der Waals surface area contributed by atoms with Crippen molar-refractivity contribution in [2.45, 2.75) is 16.4 Å². The number of aliphatic hydroxyl groups excluding tert-OH is 1. The van der Waals surface area contributed by atoms with Crippen LogP contribution in [-0.2, 0) is 6.61 Å². The fourth-order valence-electron chi connectivity index (χ4n) is 1.52. The van der Waals surface area contributed by atoms with E-state index in [-0.39, 0.29) is 6.61 Å². The van der Waals surface area contributed by atoms with E-state index in [0.717, 1.165) is 9.79 Å². The Morgan fingerprint density at radius 3 is 2.42 bits per heavy atom. The van der Waals surface area contributed by atoms with Crippen LogP contribution in [0.3, 0.4) is 0 Å². The molecule has 6 heteroatoms. The first-order valence-electron chi connectivity index (χ1n) is 5.23. The van der Waals surface area contributed by atoms with Gasteiger partial charge in [-0.15, -0.1) is 0 Å². The van der Waals surface area contributed by atoms with Gasteiger partial charge in [0.2, 0.25) is 0 Å². The van der Waals surface area contributed by atoms with E-state index in [1.54, 1.807) is 24.3 Å². The van der Waals surface area contributed by atoms with Crippen molar-refractivity contribution < 1.29 is 5.11 Å². The van der Waals surface area contributed by atoms with Crippen molar-refractivity contribution in [3.63, 3.8) is 0 Å². The second-order valence-electron chi connectivity index (χ2n) is 3.69. The van der Waals surface area contributed by atoms with Gasteiger partial charge in [0.15, 0.2) is 0 Å². The zero-order valence-electron chi connectivity index (χ0n) is 9.46. The van der Waals surface area contributed by atoms with E-state index in [2.05, 4.69) is 0 Å². The SMILES string of the molecule is OCc1cc(Cl)cc(Cl)c1Sc1cccc(Cl)c1Cl. The van der Waals surface area contributed by atoms with Crippen LogP contribution in [0.4, 0.5) is 0 Å². The molecule has 0 aromatic heterocycles. The van der Waals surface area contributed by atoms with Crippen LogP contribution in [0.25, 0.3) is 0 Å². The number of hydrogen-bond donors (Lipinski definition) is 1. The normalized spacial score (nSPS) is 10.8. The molecule has 0 unspecified atom stereocenters. The Kier molecular flexibility index (Phi) is 5.29. The van der Waals surface area contributed by atoms with Crippen molar-refractivity contribution >= 4 is 58.2 Å². The molecule has 0 spiro atoms. The Labute approximate surface area is 135 Å². The Bertz CT molecular complexity index is 616. The Morgan fingerprint density at radius 1 is 1.00 bits per heavy atom. The van der Waals surface area contributed by atoms with Gasteiger partial charge in [-0.1, -0.05) is 64.2 Å². The van der Waals surface area contributed by atoms with Crippen LogP contribution in [0, 0.1) is 0 Å². The Balaban J connectivity index is 2.46. The minimum atomic E-state index is -0.152. The minimum Gasteiger partial charge on any atom is -0.392 e. The van der Waals surface area contributed by atoms with Crippen LogP contribution in [0.15, 0.2) is 40.1 Å². The van der Waals surface area contributed by atoms with Gasteiger partial charge < -0.3 is 5.11 Å². The summed E-state index contributed by atoms with van der Waals surface area (Å²) in [5, 5.41) is 11.3. The molecule has 0 bridgehead atoms. The highest BCUT2D eigenvalue weighted by Crippen LogP contribution is 2.42. The third-order valence-corrected chi connectivity index (χ3v) is 5.19. The first-order chi connectivity index (χ1) is 9.02. The Morgan fingerprint density at radius 2 is 1.74 bits per heavy atom. The Hall–Kier alpha value is -0.0900. The summed E-state index contributed by atoms with van der Waals surface area (Å²) in [5.41, 5.74) is 0.651. The highest BCUT2D eigenvalue weighted by molar-refractivity contribution is 7.99. The molecule has 0 saturated heterocycles. The molecule has 0 amide bonds. The number of halogens is 4. The lowest BCUT2D eigenvalue weighted by atomic mass is 10.2. The molecule has 0 atom stereocenters. The summed E-state index contributed by atoms with van der Waals surface area (Å²) in [4.78, 5) is 1.49. The van der Waals surface area contributed by atoms with Gasteiger partial charge >= 0.3 is 0 Å². The maximum atomic E-state index is 9.38. The van der Waals surface area contributed by atoms with E-state index >= 15 is 0 Å². The number of rotatable bonds is 3. The van der Waals surface area contributed by atoms with Gasteiger partial charge in [0, 0.05) is 14.8 Å². The molecule has 100 valence electrons. The van der Waals surface area contributed by atoms with Crippen molar-refractivity contribution in [3.8, 4) is 0 Å². The molecule has 1 nitrogen and oxygen atoms in total. The van der Waals surface area contributed by atoms with Crippen LogP contribution in [0.2, 0.25) is 20.1 Å². The van der Waals surface area contributed by atoms with Crippen LogP contribution in [-0.4, -0.2) is 5.11 Å². The summed E-state index contributed by atoms with van der Waals surface area (Å²) in [6.45, 7) is -0.152. The maximum Gasteiger partial charge on any atom is 0.0731 e. The molecule has 0 heterocycles. The second-order valence-corrected chi connectivity index (χ2v) is 6.37. The van der Waals surface area contributed by atoms with Crippen molar-refractivity contribution in [1.82, 2.24) is 0 Å². The summed E-state index contributed by atoms with van der Waals surface area (Å²) in [6.07, 6.45) is 0. The van der Waals surface area contributed by atoms with Crippen LogP contribution in [0.5, 0.6) is 0 Å². The largest absolute Gasteiger partial charge is 0.392 e. The summed E-state index contributed by atoms with van der Waals surface area (Å²) in [5.74, 6) is 0. The maximum absolute atomic E-state index is 9.38. The molecule has 0 aliphatic carbocycles. The summed E-state index contributed by atoms with van der Waals surface area (Å²) in [6, 6.07) is 8.66. The first kappa shape index (κ1) is 15.3. The van der Waals surface area contributed by atoms with Gasteiger partial charge in [0.25, 0.3) is 0 Å². The third kappa shape index (κ3) is 3.52. The quantitative estimate of drug-likeness (QED) is 0.736. The van der Waals surface area contributed by atoms with E-state index < -0.39 is 0 Å². The smallest absolute Gasteiger partial charge is 0.0731 e. The highest BCUT2D eigenvalue weighted by atomic mass is 35.5. The molecule has 0 aliphatic heterocycles. The van der Waals surface area contributed by atoms with E-state index in [9.17, 15) is 5.11 Å². The molecule has 0 aliphatic rings. The molecule has 1 N–H and O–H groups in total. The molecular weight excluding hydrogens is 346 g/mol. The van der Waals surface area contributed by atoms with Gasteiger partial charge in [-0.2, -0.15) is 0 Å². The average Bonchev–Trinajstić information content (AvgIpc) is 2.37. The van der Waals surface area contributed by atoms with Gasteiger partial charge in [-0.05, 0) is 29.8 Å². The van der Waals surface area contributed by atoms with Gasteiger partial charge in [0.05, 0.1) is 21.7 Å². The number of benzene rings is 2. The van der Waals surface area contributed by atoms with E-state index in [0.29, 0.717) is 25.7 Å². The minimum absolute atomic E-state index is 0.152. The van der Waals surface area contributed by atoms with Gasteiger partial charge in [0.1, 0.15) is 0 Å². The lowest BCUT2D eigenvalue weighted by molar-refractivity contribution is 0.279. The molecular formula is C13H8Cl4OS. The summed E-state index contributed by atoms with van der Waals surface area (Å²) < 4.78 is 0. The van der Waals surface area contributed by atoms with E-state index in [1.165, 1.54) is 11.8 Å². The monoisotopic (exact) mass is 352 g/mol. The van der Waals surface area contributed by atoms with Crippen molar-refractivity contribution in [3.05, 3.63) is 56.0 Å². The molecule has 0 fully saturated rings. The number of aliphatic hydroxyl groups is 1. The third-order valence-electron chi connectivity index (χ3n) is 2.38.